The molecule has 7 heteroatoms. The van der Waals surface area contributed by atoms with Gasteiger partial charge in [0, 0.05) is 25.9 Å². The molecule has 1 unspecified atom stereocenters. The molecule has 1 rings (SSSR count). The summed E-state index contributed by atoms with van der Waals surface area (Å²) in [5.41, 5.74) is 0.664. The van der Waals surface area contributed by atoms with Crippen molar-refractivity contribution >= 4 is 17.6 Å². The zero-order valence-corrected chi connectivity index (χ0v) is 15.7. The van der Waals surface area contributed by atoms with Gasteiger partial charge in [-0.05, 0) is 38.3 Å². The lowest BCUT2D eigenvalue weighted by Gasteiger charge is -2.21. The Hall–Kier alpha value is -2.15. The Morgan fingerprint density at radius 1 is 1.32 bits per heavy atom. The van der Waals surface area contributed by atoms with Crippen LogP contribution in [0.15, 0.2) is 29.5 Å². The number of rotatable bonds is 10. The molecule has 0 fully saturated rings. The van der Waals surface area contributed by atoms with E-state index in [-0.39, 0.29) is 18.6 Å². The molecule has 1 aromatic heterocycles. The molecule has 0 bridgehead atoms. The van der Waals surface area contributed by atoms with Crippen LogP contribution in [0.25, 0.3) is 0 Å². The number of anilines is 1. The van der Waals surface area contributed by atoms with E-state index in [9.17, 15) is 4.79 Å². The van der Waals surface area contributed by atoms with Gasteiger partial charge >= 0.3 is 0 Å². The second-order valence-corrected chi connectivity index (χ2v) is 5.94. The number of hydrogen-bond acceptors (Lipinski definition) is 4. The van der Waals surface area contributed by atoms with Gasteiger partial charge in [-0.2, -0.15) is 0 Å². The normalized spacial score (nSPS) is 12.8. The standard InChI is InChI=1S/C18H31N5O2/c1-5-20-18(21-11-9-16(14(3)4)25-6-2)22-13-17(24)23-15-8-7-10-19-12-15/h7-8,10,12,14,16H,5-6,9,11,13H2,1-4H3,(H,23,24)(H2,20,21,22). The van der Waals surface area contributed by atoms with Gasteiger partial charge in [0.2, 0.25) is 5.91 Å². The fourth-order valence-electron chi connectivity index (χ4n) is 2.29. The summed E-state index contributed by atoms with van der Waals surface area (Å²) in [4.78, 5) is 20.2. The molecule has 1 aromatic rings. The molecule has 0 radical (unpaired) electrons. The van der Waals surface area contributed by atoms with Gasteiger partial charge in [-0.3, -0.25) is 9.78 Å². The van der Waals surface area contributed by atoms with Gasteiger partial charge in [0.25, 0.3) is 0 Å². The maximum Gasteiger partial charge on any atom is 0.246 e. The fraction of sp³-hybridized carbons (Fsp3) is 0.611. The molecule has 0 aliphatic heterocycles. The smallest absolute Gasteiger partial charge is 0.246 e. The number of pyridine rings is 1. The average Bonchev–Trinajstić information content (AvgIpc) is 2.59. The van der Waals surface area contributed by atoms with Crippen molar-refractivity contribution < 1.29 is 9.53 Å². The SMILES string of the molecule is CCNC(=NCC(=O)Nc1cccnc1)NCCC(OCC)C(C)C. The zero-order valence-electron chi connectivity index (χ0n) is 15.7. The molecule has 1 atom stereocenters. The van der Waals surface area contributed by atoms with Crippen molar-refractivity contribution in [3.8, 4) is 0 Å². The summed E-state index contributed by atoms with van der Waals surface area (Å²) >= 11 is 0. The van der Waals surface area contributed by atoms with Crippen LogP contribution in [0.1, 0.15) is 34.1 Å². The van der Waals surface area contributed by atoms with Crippen LogP contribution in [0.2, 0.25) is 0 Å². The molecular formula is C18H31N5O2. The van der Waals surface area contributed by atoms with E-state index >= 15 is 0 Å². The Morgan fingerprint density at radius 3 is 2.72 bits per heavy atom. The van der Waals surface area contributed by atoms with Gasteiger partial charge in [0.05, 0.1) is 18.0 Å². The van der Waals surface area contributed by atoms with Gasteiger partial charge in [-0.15, -0.1) is 0 Å². The monoisotopic (exact) mass is 349 g/mol. The molecule has 140 valence electrons. The van der Waals surface area contributed by atoms with Crippen molar-refractivity contribution in [2.45, 2.75) is 40.2 Å². The minimum Gasteiger partial charge on any atom is -0.378 e. The Kier molecular flexibility index (Phi) is 10.2. The predicted octanol–water partition coefficient (Wildman–Crippen LogP) is 2.03. The van der Waals surface area contributed by atoms with Gasteiger partial charge in [-0.25, -0.2) is 4.99 Å². The maximum atomic E-state index is 12.0. The van der Waals surface area contributed by atoms with Crippen molar-refractivity contribution in [2.24, 2.45) is 10.9 Å². The lowest BCUT2D eigenvalue weighted by atomic mass is 10.0. The van der Waals surface area contributed by atoms with Crippen LogP contribution >= 0.6 is 0 Å². The summed E-state index contributed by atoms with van der Waals surface area (Å²) in [6, 6.07) is 3.56. The minimum absolute atomic E-state index is 0.0449. The summed E-state index contributed by atoms with van der Waals surface area (Å²) in [6.07, 6.45) is 4.37. The van der Waals surface area contributed by atoms with Crippen molar-refractivity contribution in [2.75, 3.05) is 31.6 Å². The maximum absolute atomic E-state index is 12.0. The van der Waals surface area contributed by atoms with Crippen molar-refractivity contribution in [3.63, 3.8) is 0 Å². The molecule has 0 saturated carbocycles. The highest BCUT2D eigenvalue weighted by Gasteiger charge is 2.13. The summed E-state index contributed by atoms with van der Waals surface area (Å²) in [6.45, 7) is 10.5. The van der Waals surface area contributed by atoms with Crippen LogP contribution in [0.3, 0.4) is 0 Å². The molecule has 1 heterocycles. The van der Waals surface area contributed by atoms with E-state index in [1.165, 1.54) is 0 Å². The second-order valence-electron chi connectivity index (χ2n) is 5.94. The van der Waals surface area contributed by atoms with Crippen LogP contribution in [0.4, 0.5) is 5.69 Å². The van der Waals surface area contributed by atoms with Crippen molar-refractivity contribution in [1.82, 2.24) is 15.6 Å². The molecule has 0 spiro atoms. The van der Waals surface area contributed by atoms with Gasteiger partial charge in [0.15, 0.2) is 5.96 Å². The number of guanidine groups is 1. The zero-order chi connectivity index (χ0) is 18.5. The average molecular weight is 349 g/mol. The van der Waals surface area contributed by atoms with Crippen LogP contribution in [0.5, 0.6) is 0 Å². The number of nitrogens with zero attached hydrogens (tertiary/aromatic N) is 2. The molecular weight excluding hydrogens is 318 g/mol. The Morgan fingerprint density at radius 2 is 2.12 bits per heavy atom. The quantitative estimate of drug-likeness (QED) is 0.444. The first kappa shape index (κ1) is 20.9. The van der Waals surface area contributed by atoms with Crippen LogP contribution in [0, 0.1) is 5.92 Å². The van der Waals surface area contributed by atoms with Crippen molar-refractivity contribution in [1.29, 1.82) is 0 Å². The molecule has 0 aromatic carbocycles. The molecule has 0 aliphatic rings. The van der Waals surface area contributed by atoms with Crippen LogP contribution in [-0.2, 0) is 9.53 Å². The van der Waals surface area contributed by atoms with E-state index in [0.29, 0.717) is 24.2 Å². The number of ether oxygens (including phenoxy) is 1. The van der Waals surface area contributed by atoms with Gasteiger partial charge in [-0.1, -0.05) is 13.8 Å². The first-order valence-corrected chi connectivity index (χ1v) is 8.90. The summed E-state index contributed by atoms with van der Waals surface area (Å²) in [5.74, 6) is 0.911. The Balaban J connectivity index is 2.46. The number of aromatic nitrogens is 1. The summed E-state index contributed by atoms with van der Waals surface area (Å²) < 4.78 is 5.74. The number of amides is 1. The van der Waals surface area contributed by atoms with Crippen LogP contribution < -0.4 is 16.0 Å². The molecule has 0 saturated heterocycles. The summed E-state index contributed by atoms with van der Waals surface area (Å²) in [7, 11) is 0. The van der Waals surface area contributed by atoms with E-state index < -0.39 is 0 Å². The third kappa shape index (κ3) is 9.05. The second kappa shape index (κ2) is 12.2. The first-order valence-electron chi connectivity index (χ1n) is 8.90. The fourth-order valence-corrected chi connectivity index (χ4v) is 2.29. The van der Waals surface area contributed by atoms with E-state index in [4.69, 9.17) is 4.74 Å². The molecule has 25 heavy (non-hydrogen) atoms. The van der Waals surface area contributed by atoms with E-state index in [1.807, 2.05) is 13.8 Å². The third-order valence-electron chi connectivity index (χ3n) is 3.52. The highest BCUT2D eigenvalue weighted by Crippen LogP contribution is 2.09. The number of carbonyl (C=O) groups excluding carboxylic acids is 1. The minimum atomic E-state index is -0.181. The predicted molar refractivity (Wildman–Crippen MR) is 102 cm³/mol. The molecule has 1 amide bonds. The summed E-state index contributed by atoms with van der Waals surface area (Å²) in [5, 5.41) is 9.15. The molecule has 3 N–H and O–H groups in total. The third-order valence-corrected chi connectivity index (χ3v) is 3.52. The largest absolute Gasteiger partial charge is 0.378 e. The van der Waals surface area contributed by atoms with Crippen LogP contribution in [-0.4, -0.2) is 49.2 Å². The topological polar surface area (TPSA) is 87.6 Å². The Labute approximate surface area is 150 Å². The van der Waals surface area contributed by atoms with Gasteiger partial charge in [0.1, 0.15) is 6.54 Å². The van der Waals surface area contributed by atoms with E-state index in [2.05, 4.69) is 39.8 Å². The van der Waals surface area contributed by atoms with Gasteiger partial charge < -0.3 is 20.7 Å². The first-order chi connectivity index (χ1) is 12.1. The van der Waals surface area contributed by atoms with E-state index in [1.54, 1.807) is 24.5 Å². The Bertz CT molecular complexity index is 519. The number of nitrogens with one attached hydrogen (secondary N) is 3. The highest BCUT2D eigenvalue weighted by molar-refractivity contribution is 5.93. The lowest BCUT2D eigenvalue weighted by Crippen LogP contribution is -2.40. The van der Waals surface area contributed by atoms with Crippen molar-refractivity contribution in [3.05, 3.63) is 24.5 Å². The molecule has 0 aliphatic carbocycles. The highest BCUT2D eigenvalue weighted by atomic mass is 16.5. The number of hydrogen-bond donors (Lipinski definition) is 3. The number of carbonyl (C=O) groups is 1. The number of aliphatic imine (C=N–C) groups is 1. The lowest BCUT2D eigenvalue weighted by molar-refractivity contribution is -0.114. The molecule has 7 nitrogen and oxygen atoms in total. The van der Waals surface area contributed by atoms with E-state index in [0.717, 1.165) is 19.5 Å².